The van der Waals surface area contributed by atoms with Gasteiger partial charge in [0.2, 0.25) is 0 Å². The van der Waals surface area contributed by atoms with Crippen molar-refractivity contribution in [2.75, 3.05) is 12.3 Å². The number of nitrogens with zero attached hydrogens (tertiary/aromatic N) is 1. The molecule has 4 heteroatoms. The zero-order valence-electron chi connectivity index (χ0n) is 20.4. The maximum absolute atomic E-state index is 6.27. The van der Waals surface area contributed by atoms with Crippen molar-refractivity contribution < 1.29 is 0 Å². The molecule has 31 heavy (non-hydrogen) atoms. The number of hydrogen-bond donors (Lipinski definition) is 2. The summed E-state index contributed by atoms with van der Waals surface area (Å²) in [5.41, 5.74) is 11.8. The fourth-order valence-electron chi connectivity index (χ4n) is 3.26. The molecule has 0 saturated carbocycles. The normalized spacial score (nSPS) is 13.9. The van der Waals surface area contributed by atoms with Crippen molar-refractivity contribution in [3.63, 3.8) is 0 Å². The van der Waals surface area contributed by atoms with Crippen LogP contribution in [0.3, 0.4) is 0 Å². The van der Waals surface area contributed by atoms with Gasteiger partial charge in [-0.2, -0.15) is 0 Å². The van der Waals surface area contributed by atoms with Crippen molar-refractivity contribution in [3.8, 4) is 0 Å². The van der Waals surface area contributed by atoms with Crippen molar-refractivity contribution in [1.82, 2.24) is 5.32 Å². The number of amidine groups is 1. The number of allylic oxidation sites excluding steroid dienone is 3. The van der Waals surface area contributed by atoms with Crippen molar-refractivity contribution >= 4 is 17.6 Å². The number of aryl methyl sites for hydroxylation is 1. The molecule has 1 aromatic carbocycles. The number of unbranched alkanes of at least 4 members (excludes halogenated alkanes) is 2. The highest BCUT2D eigenvalue weighted by atomic mass is 32.2. The number of rotatable bonds is 9. The van der Waals surface area contributed by atoms with Gasteiger partial charge in [0.25, 0.3) is 0 Å². The van der Waals surface area contributed by atoms with E-state index in [1.54, 1.807) is 0 Å². The van der Waals surface area contributed by atoms with E-state index in [9.17, 15) is 0 Å². The molecule has 1 aliphatic rings. The molecule has 0 fully saturated rings. The quantitative estimate of drug-likeness (QED) is 0.137. The standard InChI is InChI=1S/C22H31N3S.C5H12/c1-16(2)15-18(4)25-22(20-7-5-6-8-21(20)23)24-13-14-26-19-11-9-17(3)10-12-19;1-3-5-4-2/h9-12,15H,4-8,13-14,23H2,1-3H3,(H,24,25);3-5H2,1-2H3. The average molecular weight is 442 g/mol. The molecule has 0 atom stereocenters. The molecule has 0 radical (unpaired) electrons. The fourth-order valence-corrected chi connectivity index (χ4v) is 4.00. The highest BCUT2D eigenvalue weighted by molar-refractivity contribution is 7.99. The molecule has 0 bridgehead atoms. The second-order valence-corrected chi connectivity index (χ2v) is 9.50. The zero-order valence-corrected chi connectivity index (χ0v) is 21.2. The third-order valence-electron chi connectivity index (χ3n) is 4.90. The minimum Gasteiger partial charge on any atom is -0.402 e. The molecule has 3 N–H and O–H groups in total. The molecule has 3 nitrogen and oxygen atoms in total. The van der Waals surface area contributed by atoms with E-state index >= 15 is 0 Å². The number of nitrogens with two attached hydrogens (primary N) is 1. The molecule has 0 unspecified atom stereocenters. The van der Waals surface area contributed by atoms with Crippen LogP contribution in [0, 0.1) is 6.92 Å². The molecule has 0 heterocycles. The molecule has 0 aliphatic heterocycles. The number of hydrogen-bond acceptors (Lipinski definition) is 3. The summed E-state index contributed by atoms with van der Waals surface area (Å²) in [5.74, 6) is 1.84. The Balaban J connectivity index is 0.000000861. The topological polar surface area (TPSA) is 50.4 Å². The Morgan fingerprint density at radius 3 is 2.32 bits per heavy atom. The Kier molecular flexibility index (Phi) is 13.8. The Bertz CT molecular complexity index is 751. The minimum absolute atomic E-state index is 0.750. The average Bonchev–Trinajstić information content (AvgIpc) is 2.72. The van der Waals surface area contributed by atoms with Crippen LogP contribution >= 0.6 is 11.8 Å². The first-order valence-corrected chi connectivity index (χ1v) is 12.7. The lowest BCUT2D eigenvalue weighted by Crippen LogP contribution is -2.28. The number of aliphatic imine (C=N–C) groups is 1. The van der Waals surface area contributed by atoms with Gasteiger partial charge in [-0.25, -0.2) is 0 Å². The smallest absolute Gasteiger partial charge is 0.130 e. The highest BCUT2D eigenvalue weighted by Crippen LogP contribution is 2.23. The Labute approximate surface area is 195 Å². The van der Waals surface area contributed by atoms with E-state index in [1.807, 2.05) is 17.8 Å². The van der Waals surface area contributed by atoms with Gasteiger partial charge in [0.1, 0.15) is 5.84 Å². The van der Waals surface area contributed by atoms with Crippen LogP contribution < -0.4 is 11.1 Å². The number of nitrogens with one attached hydrogen (secondary N) is 1. The Hall–Kier alpha value is -1.94. The van der Waals surface area contributed by atoms with E-state index in [0.29, 0.717) is 0 Å². The summed E-state index contributed by atoms with van der Waals surface area (Å²) in [7, 11) is 0. The van der Waals surface area contributed by atoms with Crippen LogP contribution in [0.4, 0.5) is 0 Å². The van der Waals surface area contributed by atoms with Gasteiger partial charge >= 0.3 is 0 Å². The van der Waals surface area contributed by atoms with Gasteiger partial charge in [0, 0.05) is 27.6 Å². The second-order valence-electron chi connectivity index (χ2n) is 8.33. The van der Waals surface area contributed by atoms with Crippen LogP contribution in [-0.4, -0.2) is 18.1 Å². The number of thioether (sulfide) groups is 1. The summed E-state index contributed by atoms with van der Waals surface area (Å²) in [5, 5.41) is 3.39. The zero-order chi connectivity index (χ0) is 23.1. The van der Waals surface area contributed by atoms with Gasteiger partial charge in [-0.1, -0.05) is 63.0 Å². The second kappa shape index (κ2) is 15.8. The molecule has 1 aliphatic carbocycles. The summed E-state index contributed by atoms with van der Waals surface area (Å²) in [6.07, 6.45) is 10.4. The number of benzene rings is 1. The molecule has 2 rings (SSSR count). The summed E-state index contributed by atoms with van der Waals surface area (Å²) >= 11 is 1.83. The van der Waals surface area contributed by atoms with Gasteiger partial charge in [0.15, 0.2) is 0 Å². The van der Waals surface area contributed by atoms with Crippen molar-refractivity contribution in [3.05, 3.63) is 65.0 Å². The molecule has 172 valence electrons. The van der Waals surface area contributed by atoms with E-state index in [1.165, 1.54) is 53.7 Å². The van der Waals surface area contributed by atoms with Gasteiger partial charge in [-0.15, -0.1) is 11.8 Å². The molecular formula is C27H43N3S. The van der Waals surface area contributed by atoms with Crippen molar-refractivity contribution in [2.24, 2.45) is 10.7 Å². The van der Waals surface area contributed by atoms with E-state index in [4.69, 9.17) is 10.7 Å². The lowest BCUT2D eigenvalue weighted by atomic mass is 9.95. The van der Waals surface area contributed by atoms with E-state index in [0.717, 1.165) is 42.4 Å². The predicted octanol–water partition coefficient (Wildman–Crippen LogP) is 7.54. The van der Waals surface area contributed by atoms with Gasteiger partial charge < -0.3 is 11.1 Å². The lowest BCUT2D eigenvalue weighted by molar-refractivity contribution is 0.679. The maximum Gasteiger partial charge on any atom is 0.130 e. The summed E-state index contributed by atoms with van der Waals surface area (Å²) < 4.78 is 0. The summed E-state index contributed by atoms with van der Waals surface area (Å²) in [4.78, 5) is 6.12. The van der Waals surface area contributed by atoms with Crippen LogP contribution in [0.15, 0.2) is 69.3 Å². The highest BCUT2D eigenvalue weighted by Gasteiger charge is 2.16. The monoisotopic (exact) mass is 441 g/mol. The van der Waals surface area contributed by atoms with Crippen LogP contribution in [0.25, 0.3) is 0 Å². The molecule has 0 amide bonds. The van der Waals surface area contributed by atoms with Gasteiger partial charge in [-0.3, -0.25) is 4.99 Å². The van der Waals surface area contributed by atoms with Gasteiger partial charge in [-0.05, 0) is 64.7 Å². The third kappa shape index (κ3) is 11.9. The lowest BCUT2D eigenvalue weighted by Gasteiger charge is -2.20. The largest absolute Gasteiger partial charge is 0.402 e. The van der Waals surface area contributed by atoms with Crippen molar-refractivity contribution in [2.45, 2.75) is 84.5 Å². The van der Waals surface area contributed by atoms with Crippen LogP contribution in [0.1, 0.15) is 78.2 Å². The summed E-state index contributed by atoms with van der Waals surface area (Å²) in [6.45, 7) is 15.5. The molecule has 1 aromatic rings. The van der Waals surface area contributed by atoms with Gasteiger partial charge in [0.05, 0.1) is 6.54 Å². The molecule has 0 saturated heterocycles. The van der Waals surface area contributed by atoms with E-state index in [2.05, 4.69) is 70.8 Å². The fraction of sp³-hybridized carbons (Fsp3) is 0.519. The van der Waals surface area contributed by atoms with Crippen LogP contribution in [0.5, 0.6) is 0 Å². The minimum atomic E-state index is 0.750. The SMILES string of the molecule is C=C(C=C(C)C)NC(=NCCSc1ccc(C)cc1)C1=C(N)CCCC1.CCCCC. The summed E-state index contributed by atoms with van der Waals surface area (Å²) in [6, 6.07) is 8.63. The Morgan fingerprint density at radius 2 is 1.77 bits per heavy atom. The maximum atomic E-state index is 6.27. The van der Waals surface area contributed by atoms with Crippen molar-refractivity contribution in [1.29, 1.82) is 0 Å². The third-order valence-corrected chi connectivity index (χ3v) is 5.89. The molecule has 0 spiro atoms. The molecular weight excluding hydrogens is 398 g/mol. The molecule has 0 aromatic heterocycles. The van der Waals surface area contributed by atoms with Crippen LogP contribution in [0.2, 0.25) is 0 Å². The predicted molar refractivity (Wildman–Crippen MR) is 141 cm³/mol. The first-order valence-electron chi connectivity index (χ1n) is 11.7. The first-order chi connectivity index (χ1) is 14.9. The van der Waals surface area contributed by atoms with E-state index in [-0.39, 0.29) is 0 Å². The Morgan fingerprint density at radius 1 is 1.13 bits per heavy atom. The van der Waals surface area contributed by atoms with Crippen LogP contribution in [-0.2, 0) is 0 Å². The first kappa shape index (κ1) is 27.1. The van der Waals surface area contributed by atoms with E-state index < -0.39 is 0 Å².